The maximum Gasteiger partial charge on any atom is 0.416 e. The Labute approximate surface area is 130 Å². The number of hydrogen-bond donors (Lipinski definition) is 0. The van der Waals surface area contributed by atoms with Crippen LogP contribution in [0, 0.1) is 0 Å². The molecule has 0 unspecified atom stereocenters. The first-order valence-electron chi connectivity index (χ1n) is 6.32. The van der Waals surface area contributed by atoms with Gasteiger partial charge in [-0.15, -0.1) is 0 Å². The second-order valence-electron chi connectivity index (χ2n) is 4.30. The molecule has 0 saturated heterocycles. The van der Waals surface area contributed by atoms with Crippen molar-refractivity contribution in [3.8, 4) is 0 Å². The molecule has 0 amide bonds. The number of halogens is 3. The molecule has 0 fully saturated rings. The minimum absolute atomic E-state index is 0.347. The number of hydrogen-bond acceptors (Lipinski definition) is 5. The van der Waals surface area contributed by atoms with Crippen molar-refractivity contribution in [3.63, 3.8) is 0 Å². The van der Waals surface area contributed by atoms with Crippen molar-refractivity contribution in [2.75, 3.05) is 21.3 Å². The maximum atomic E-state index is 13.0. The molecule has 0 spiro atoms. The molecule has 1 aromatic rings. The van der Waals surface area contributed by atoms with Gasteiger partial charge in [-0.1, -0.05) is 18.2 Å². The number of esters is 1. The first-order chi connectivity index (χ1) is 10.8. The fourth-order valence-electron chi connectivity index (χ4n) is 1.81. The van der Waals surface area contributed by atoms with Crippen molar-refractivity contribution in [2.45, 2.75) is 12.5 Å². The molecular formula is C15H15F3O5. The highest BCUT2D eigenvalue weighted by molar-refractivity contribution is 6.21. The van der Waals surface area contributed by atoms with Gasteiger partial charge in [0.05, 0.1) is 12.7 Å². The number of ether oxygens (including phenoxy) is 3. The number of alkyl halides is 3. The van der Waals surface area contributed by atoms with E-state index in [1.54, 1.807) is 0 Å². The Kier molecular flexibility index (Phi) is 6.47. The van der Waals surface area contributed by atoms with E-state index in [9.17, 15) is 22.8 Å². The van der Waals surface area contributed by atoms with E-state index in [2.05, 4.69) is 4.74 Å². The first-order valence-corrected chi connectivity index (χ1v) is 6.32. The van der Waals surface area contributed by atoms with Crippen LogP contribution in [0.1, 0.15) is 11.1 Å². The van der Waals surface area contributed by atoms with E-state index in [4.69, 9.17) is 9.47 Å². The SMILES string of the molecule is COC(=O)C(=Cc1ccccc1C(F)(F)F)C(=O)C(OC)OC. The van der Waals surface area contributed by atoms with Crippen LogP contribution < -0.4 is 0 Å². The Hall–Kier alpha value is -2.19. The highest BCUT2D eigenvalue weighted by atomic mass is 19.4. The van der Waals surface area contributed by atoms with Gasteiger partial charge < -0.3 is 14.2 Å². The minimum Gasteiger partial charge on any atom is -0.465 e. The average molecular weight is 332 g/mol. The quantitative estimate of drug-likeness (QED) is 0.263. The van der Waals surface area contributed by atoms with Gasteiger partial charge in [0, 0.05) is 14.2 Å². The molecule has 126 valence electrons. The van der Waals surface area contributed by atoms with Crippen LogP contribution in [0.25, 0.3) is 6.08 Å². The molecule has 0 heterocycles. The van der Waals surface area contributed by atoms with Crippen LogP contribution in [-0.4, -0.2) is 39.4 Å². The molecule has 0 saturated carbocycles. The van der Waals surface area contributed by atoms with Gasteiger partial charge in [-0.05, 0) is 17.7 Å². The summed E-state index contributed by atoms with van der Waals surface area (Å²) < 4.78 is 52.9. The van der Waals surface area contributed by atoms with Crippen LogP contribution in [0.15, 0.2) is 29.8 Å². The zero-order chi connectivity index (χ0) is 17.6. The summed E-state index contributed by atoms with van der Waals surface area (Å²) in [7, 11) is 3.32. The van der Waals surface area contributed by atoms with E-state index in [0.29, 0.717) is 0 Å². The van der Waals surface area contributed by atoms with Crippen molar-refractivity contribution >= 4 is 17.8 Å². The van der Waals surface area contributed by atoms with Crippen LogP contribution in [-0.2, 0) is 30.0 Å². The van der Waals surface area contributed by atoms with E-state index < -0.39 is 35.4 Å². The zero-order valence-corrected chi connectivity index (χ0v) is 12.6. The molecule has 0 aliphatic rings. The van der Waals surface area contributed by atoms with E-state index in [0.717, 1.165) is 39.5 Å². The predicted molar refractivity (Wildman–Crippen MR) is 74.3 cm³/mol. The lowest BCUT2D eigenvalue weighted by molar-refractivity contribution is -0.155. The standard InChI is InChI=1S/C15H15F3O5/c1-21-13(20)10(12(19)14(22-2)23-3)8-9-6-4-5-7-11(9)15(16,17)18/h4-8,14H,1-3H3. The highest BCUT2D eigenvalue weighted by Crippen LogP contribution is 2.33. The van der Waals surface area contributed by atoms with Crippen LogP contribution >= 0.6 is 0 Å². The lowest BCUT2D eigenvalue weighted by Crippen LogP contribution is -2.30. The van der Waals surface area contributed by atoms with Gasteiger partial charge in [-0.2, -0.15) is 13.2 Å². The Morgan fingerprint density at radius 2 is 1.65 bits per heavy atom. The lowest BCUT2D eigenvalue weighted by atomic mass is 10.0. The van der Waals surface area contributed by atoms with Gasteiger partial charge in [-0.25, -0.2) is 4.79 Å². The monoisotopic (exact) mass is 332 g/mol. The van der Waals surface area contributed by atoms with Crippen LogP contribution in [0.2, 0.25) is 0 Å². The molecule has 23 heavy (non-hydrogen) atoms. The highest BCUT2D eigenvalue weighted by Gasteiger charge is 2.34. The molecule has 1 aromatic carbocycles. The largest absolute Gasteiger partial charge is 0.465 e. The summed E-state index contributed by atoms with van der Waals surface area (Å²) >= 11 is 0. The fourth-order valence-corrected chi connectivity index (χ4v) is 1.81. The fraction of sp³-hybridized carbons (Fsp3) is 0.333. The number of ketones is 1. The summed E-state index contributed by atoms with van der Waals surface area (Å²) in [5.41, 5.74) is -1.95. The minimum atomic E-state index is -4.64. The average Bonchev–Trinajstić information content (AvgIpc) is 2.52. The van der Waals surface area contributed by atoms with Crippen molar-refractivity contribution < 1.29 is 37.0 Å². The summed E-state index contributed by atoms with van der Waals surface area (Å²) in [6, 6.07) is 4.53. The Balaban J connectivity index is 3.43. The third kappa shape index (κ3) is 4.64. The van der Waals surface area contributed by atoms with E-state index in [1.165, 1.54) is 12.1 Å². The molecule has 0 N–H and O–H groups in total. The molecular weight excluding hydrogens is 317 g/mol. The summed E-state index contributed by atoms with van der Waals surface area (Å²) in [5, 5.41) is 0. The first kappa shape index (κ1) is 18.9. The van der Waals surface area contributed by atoms with Gasteiger partial charge in [0.15, 0.2) is 0 Å². The third-order valence-corrected chi connectivity index (χ3v) is 2.88. The second-order valence-corrected chi connectivity index (χ2v) is 4.30. The van der Waals surface area contributed by atoms with E-state index >= 15 is 0 Å². The van der Waals surface area contributed by atoms with E-state index in [1.807, 2.05) is 0 Å². The molecule has 8 heteroatoms. The van der Waals surface area contributed by atoms with Crippen molar-refractivity contribution in [1.82, 2.24) is 0 Å². The number of carbonyl (C=O) groups is 2. The van der Waals surface area contributed by atoms with Gasteiger partial charge in [-0.3, -0.25) is 4.79 Å². The topological polar surface area (TPSA) is 61.8 Å². The predicted octanol–water partition coefficient (Wildman–Crippen LogP) is 2.45. The molecule has 5 nitrogen and oxygen atoms in total. The second kappa shape index (κ2) is 7.89. The molecule has 0 bridgehead atoms. The Morgan fingerprint density at radius 1 is 1.09 bits per heavy atom. The molecule has 0 radical (unpaired) electrons. The van der Waals surface area contributed by atoms with Crippen LogP contribution in [0.3, 0.4) is 0 Å². The van der Waals surface area contributed by atoms with E-state index in [-0.39, 0.29) is 5.56 Å². The number of rotatable bonds is 6. The number of Topliss-reactive ketones (excluding diaryl/α,β-unsaturated/α-hetero) is 1. The van der Waals surface area contributed by atoms with Gasteiger partial charge >= 0.3 is 12.1 Å². The number of carbonyl (C=O) groups excluding carboxylic acids is 2. The normalized spacial score (nSPS) is 12.4. The Bertz CT molecular complexity index is 603. The molecule has 0 atom stereocenters. The third-order valence-electron chi connectivity index (χ3n) is 2.88. The molecule has 0 aromatic heterocycles. The smallest absolute Gasteiger partial charge is 0.416 e. The van der Waals surface area contributed by atoms with Crippen LogP contribution in [0.4, 0.5) is 13.2 Å². The summed E-state index contributed by atoms with van der Waals surface area (Å²) in [6.07, 6.45) is -5.26. The number of benzene rings is 1. The van der Waals surface area contributed by atoms with Crippen molar-refractivity contribution in [1.29, 1.82) is 0 Å². The van der Waals surface area contributed by atoms with Gasteiger partial charge in [0.1, 0.15) is 5.57 Å². The summed E-state index contributed by atoms with van der Waals surface area (Å²) in [5.74, 6) is -2.04. The summed E-state index contributed by atoms with van der Waals surface area (Å²) in [4.78, 5) is 23.9. The molecule has 0 aliphatic heterocycles. The van der Waals surface area contributed by atoms with Crippen molar-refractivity contribution in [2.24, 2.45) is 0 Å². The van der Waals surface area contributed by atoms with Gasteiger partial charge in [0.25, 0.3) is 0 Å². The van der Waals surface area contributed by atoms with Crippen LogP contribution in [0.5, 0.6) is 0 Å². The van der Waals surface area contributed by atoms with Gasteiger partial charge in [0.2, 0.25) is 12.1 Å². The molecule has 1 rings (SSSR count). The Morgan fingerprint density at radius 3 is 2.13 bits per heavy atom. The van der Waals surface area contributed by atoms with Crippen molar-refractivity contribution in [3.05, 3.63) is 41.0 Å². The summed E-state index contributed by atoms with van der Waals surface area (Å²) in [6.45, 7) is 0. The lowest BCUT2D eigenvalue weighted by Gasteiger charge is -2.14. The molecule has 0 aliphatic carbocycles. The zero-order valence-electron chi connectivity index (χ0n) is 12.6. The maximum absolute atomic E-state index is 13.0. The number of methoxy groups -OCH3 is 3.